The number of carboxylic acids is 1. The number of amides is 1. The van der Waals surface area contributed by atoms with Gasteiger partial charge >= 0.3 is 5.97 Å². The van der Waals surface area contributed by atoms with Gasteiger partial charge in [0.1, 0.15) is 12.4 Å². The third-order valence-corrected chi connectivity index (χ3v) is 5.24. The molecule has 0 atom stereocenters. The second-order valence-corrected chi connectivity index (χ2v) is 7.99. The van der Waals surface area contributed by atoms with Crippen LogP contribution in [0.1, 0.15) is 22.8 Å². The first kappa shape index (κ1) is 23.5. The van der Waals surface area contributed by atoms with Crippen molar-refractivity contribution in [1.29, 1.82) is 0 Å². The summed E-state index contributed by atoms with van der Waals surface area (Å²) in [5.41, 5.74) is 4.57. The second kappa shape index (κ2) is 11.0. The van der Waals surface area contributed by atoms with E-state index >= 15 is 0 Å². The number of hydrogen-bond donors (Lipinski definition) is 3. The number of benzene rings is 3. The van der Waals surface area contributed by atoms with E-state index in [1.54, 1.807) is 54.7 Å². The predicted molar refractivity (Wildman–Crippen MR) is 138 cm³/mol. The summed E-state index contributed by atoms with van der Waals surface area (Å²) in [6, 6.07) is 23.8. The largest absolute Gasteiger partial charge is 0.489 e. The fourth-order valence-electron chi connectivity index (χ4n) is 3.50. The molecule has 0 radical (unpaired) electrons. The zero-order valence-electron chi connectivity index (χ0n) is 19.2. The molecule has 0 aliphatic carbocycles. The van der Waals surface area contributed by atoms with E-state index in [9.17, 15) is 9.59 Å². The number of rotatable bonds is 9. The topological polar surface area (TPSA) is 101 Å². The van der Waals surface area contributed by atoms with Crippen molar-refractivity contribution in [2.24, 2.45) is 0 Å². The summed E-state index contributed by atoms with van der Waals surface area (Å²) in [5.74, 6) is -0.428. The number of aromatic carboxylic acids is 1. The van der Waals surface area contributed by atoms with E-state index in [4.69, 9.17) is 9.84 Å². The van der Waals surface area contributed by atoms with Crippen LogP contribution in [0, 0.1) is 0 Å². The third kappa shape index (κ3) is 6.68. The summed E-state index contributed by atoms with van der Waals surface area (Å²) >= 11 is 0. The minimum absolute atomic E-state index is 0.132. The Balaban J connectivity index is 1.49. The molecule has 3 aromatic carbocycles. The lowest BCUT2D eigenvalue weighted by atomic mass is 10.1. The van der Waals surface area contributed by atoms with E-state index in [1.807, 2.05) is 36.4 Å². The summed E-state index contributed by atoms with van der Waals surface area (Å²) in [5, 5.41) is 16.3. The molecule has 176 valence electrons. The van der Waals surface area contributed by atoms with Crippen LogP contribution in [-0.2, 0) is 4.79 Å². The molecule has 1 heterocycles. The molecule has 1 aromatic heterocycles. The molecule has 0 unspecified atom stereocenters. The number of pyridine rings is 1. The van der Waals surface area contributed by atoms with Crippen molar-refractivity contribution in [3.8, 4) is 5.75 Å². The molecule has 0 aliphatic heterocycles. The van der Waals surface area contributed by atoms with E-state index in [0.29, 0.717) is 24.6 Å². The molecule has 7 heteroatoms. The molecule has 4 rings (SSSR count). The first-order valence-electron chi connectivity index (χ1n) is 11.1. The van der Waals surface area contributed by atoms with Crippen molar-refractivity contribution in [2.45, 2.75) is 6.92 Å². The Labute approximate surface area is 203 Å². The van der Waals surface area contributed by atoms with Crippen LogP contribution in [-0.4, -0.2) is 35.1 Å². The summed E-state index contributed by atoms with van der Waals surface area (Å²) in [7, 11) is 0. The molecule has 0 saturated carbocycles. The first-order valence-corrected chi connectivity index (χ1v) is 11.1. The van der Waals surface area contributed by atoms with Gasteiger partial charge in [-0.25, -0.2) is 4.79 Å². The molecule has 0 spiro atoms. The lowest BCUT2D eigenvalue weighted by molar-refractivity contribution is -0.114. The van der Waals surface area contributed by atoms with E-state index in [1.165, 1.54) is 6.92 Å². The maximum atomic E-state index is 11.2. The van der Waals surface area contributed by atoms with Crippen LogP contribution in [0.2, 0.25) is 0 Å². The average Bonchev–Trinajstić information content (AvgIpc) is 2.86. The molecule has 0 aliphatic rings. The standard InChI is InChI=1S/C28H25N3O4/c1-19(32)31-24-10-12-26(13-11-24)35-18-21(14-20-6-8-22(9-7-20)28(33)34)16-29-25-15-23-4-2-3-5-27(23)30-17-25/h2-15,17,29H,16,18H2,1H3,(H,31,32)(H,33,34). The smallest absolute Gasteiger partial charge is 0.335 e. The number of hydrogen-bond acceptors (Lipinski definition) is 5. The van der Waals surface area contributed by atoms with E-state index in [-0.39, 0.29) is 11.5 Å². The normalized spacial score (nSPS) is 11.2. The van der Waals surface area contributed by atoms with Crippen molar-refractivity contribution in [3.63, 3.8) is 0 Å². The van der Waals surface area contributed by atoms with Crippen LogP contribution in [0.4, 0.5) is 11.4 Å². The van der Waals surface area contributed by atoms with Crippen molar-refractivity contribution in [1.82, 2.24) is 4.98 Å². The molecule has 35 heavy (non-hydrogen) atoms. The van der Waals surface area contributed by atoms with Crippen LogP contribution in [0.15, 0.2) is 90.6 Å². The Morgan fingerprint density at radius 1 is 0.971 bits per heavy atom. The Kier molecular flexibility index (Phi) is 7.37. The highest BCUT2D eigenvalue weighted by Crippen LogP contribution is 2.19. The molecule has 3 N–H and O–H groups in total. The van der Waals surface area contributed by atoms with Crippen LogP contribution < -0.4 is 15.4 Å². The van der Waals surface area contributed by atoms with Gasteiger partial charge < -0.3 is 20.5 Å². The van der Waals surface area contributed by atoms with E-state index < -0.39 is 5.97 Å². The van der Waals surface area contributed by atoms with Crippen molar-refractivity contribution < 1.29 is 19.4 Å². The van der Waals surface area contributed by atoms with Gasteiger partial charge in [-0.3, -0.25) is 9.78 Å². The predicted octanol–water partition coefficient (Wildman–Crippen LogP) is 5.47. The maximum Gasteiger partial charge on any atom is 0.335 e. The highest BCUT2D eigenvalue weighted by molar-refractivity contribution is 5.89. The van der Waals surface area contributed by atoms with Gasteiger partial charge in [-0.15, -0.1) is 0 Å². The Morgan fingerprint density at radius 2 is 1.71 bits per heavy atom. The fraction of sp³-hybridized carbons (Fsp3) is 0.107. The SMILES string of the molecule is CC(=O)Nc1ccc(OCC(=Cc2ccc(C(=O)O)cc2)CNc2cnc3ccccc3c2)cc1. The highest BCUT2D eigenvalue weighted by atomic mass is 16.5. The van der Waals surface area contributed by atoms with Gasteiger partial charge in [0, 0.05) is 24.5 Å². The quantitative estimate of drug-likeness (QED) is 0.302. The van der Waals surface area contributed by atoms with Crippen molar-refractivity contribution in [2.75, 3.05) is 23.8 Å². The number of fused-ring (bicyclic) bond motifs is 1. The maximum absolute atomic E-state index is 11.2. The van der Waals surface area contributed by atoms with Gasteiger partial charge in [0.05, 0.1) is 23.0 Å². The van der Waals surface area contributed by atoms with Crippen molar-refractivity contribution in [3.05, 3.63) is 102 Å². The number of nitrogens with zero attached hydrogens (tertiary/aromatic N) is 1. The number of ether oxygens (including phenoxy) is 1. The summed E-state index contributed by atoms with van der Waals surface area (Å²) in [6.45, 7) is 2.28. The van der Waals surface area contributed by atoms with Gasteiger partial charge in [-0.05, 0) is 59.7 Å². The number of carbonyl (C=O) groups excluding carboxylic acids is 1. The van der Waals surface area contributed by atoms with Gasteiger partial charge in [0.15, 0.2) is 0 Å². The summed E-state index contributed by atoms with van der Waals surface area (Å²) < 4.78 is 5.99. The fourth-order valence-corrected chi connectivity index (χ4v) is 3.50. The number of aromatic nitrogens is 1. The molecule has 0 bridgehead atoms. The molecule has 4 aromatic rings. The highest BCUT2D eigenvalue weighted by Gasteiger charge is 2.06. The minimum Gasteiger partial charge on any atom is -0.489 e. The molecule has 1 amide bonds. The number of carbonyl (C=O) groups is 2. The molecule has 0 saturated heterocycles. The van der Waals surface area contributed by atoms with Crippen molar-refractivity contribution >= 4 is 40.2 Å². The Morgan fingerprint density at radius 3 is 2.43 bits per heavy atom. The van der Waals surface area contributed by atoms with E-state index in [2.05, 4.69) is 15.6 Å². The molecular weight excluding hydrogens is 442 g/mol. The zero-order chi connectivity index (χ0) is 24.6. The Bertz CT molecular complexity index is 1360. The monoisotopic (exact) mass is 467 g/mol. The molecule has 7 nitrogen and oxygen atoms in total. The lowest BCUT2D eigenvalue weighted by Crippen LogP contribution is -2.12. The van der Waals surface area contributed by atoms with Crippen LogP contribution in [0.5, 0.6) is 5.75 Å². The third-order valence-electron chi connectivity index (χ3n) is 5.24. The molecular formula is C28H25N3O4. The second-order valence-electron chi connectivity index (χ2n) is 7.99. The number of anilines is 2. The zero-order valence-corrected chi connectivity index (χ0v) is 19.2. The summed E-state index contributed by atoms with van der Waals surface area (Å²) in [6.07, 6.45) is 3.77. The molecule has 0 fully saturated rings. The Hall–Kier alpha value is -4.65. The number of para-hydroxylation sites is 1. The van der Waals surface area contributed by atoms with Gasteiger partial charge in [0.2, 0.25) is 5.91 Å². The van der Waals surface area contributed by atoms with Gasteiger partial charge in [-0.2, -0.15) is 0 Å². The van der Waals surface area contributed by atoms with Crippen LogP contribution in [0.3, 0.4) is 0 Å². The van der Waals surface area contributed by atoms with Gasteiger partial charge in [0.25, 0.3) is 0 Å². The van der Waals surface area contributed by atoms with Gasteiger partial charge in [-0.1, -0.05) is 36.4 Å². The average molecular weight is 468 g/mol. The first-order chi connectivity index (χ1) is 17.0. The summed E-state index contributed by atoms with van der Waals surface area (Å²) in [4.78, 5) is 26.9. The van der Waals surface area contributed by atoms with Crippen LogP contribution in [0.25, 0.3) is 17.0 Å². The lowest BCUT2D eigenvalue weighted by Gasteiger charge is -2.13. The van der Waals surface area contributed by atoms with Crippen LogP contribution >= 0.6 is 0 Å². The minimum atomic E-state index is -0.961. The number of nitrogens with one attached hydrogen (secondary N) is 2. The number of carboxylic acid groups (broad SMARTS) is 1. The van der Waals surface area contributed by atoms with E-state index in [0.717, 1.165) is 27.7 Å².